The number of aryl methyl sites for hydroxylation is 2. The van der Waals surface area contributed by atoms with Crippen LogP contribution in [0.4, 0.5) is 0 Å². The molecule has 0 bridgehead atoms. The summed E-state index contributed by atoms with van der Waals surface area (Å²) in [4.78, 5) is 2.64. The number of benzene rings is 1. The molecule has 1 aliphatic rings. The lowest BCUT2D eigenvalue weighted by Gasteiger charge is -2.28. The molecule has 1 aromatic carbocycles. The fraction of sp³-hybridized carbons (Fsp3) is 0.500. The summed E-state index contributed by atoms with van der Waals surface area (Å²) >= 11 is 0. The van der Waals surface area contributed by atoms with Crippen molar-refractivity contribution in [2.24, 2.45) is 7.05 Å². The van der Waals surface area contributed by atoms with Crippen LogP contribution in [0.25, 0.3) is 0 Å². The predicted octanol–water partition coefficient (Wildman–Crippen LogP) is 2.85. The number of nitrogens with zero attached hydrogens (tertiary/aromatic N) is 2. The molecule has 1 N–H and O–H groups in total. The molecule has 2 heterocycles. The molecule has 3 rings (SSSR count). The molecular formula is C20H29N3O3S. The quantitative estimate of drug-likeness (QED) is 0.752. The summed E-state index contributed by atoms with van der Waals surface area (Å²) in [5.41, 5.74) is 1.95. The Morgan fingerprint density at radius 3 is 2.56 bits per heavy atom. The molecule has 0 saturated carbocycles. The Morgan fingerprint density at radius 2 is 1.96 bits per heavy atom. The van der Waals surface area contributed by atoms with Crippen molar-refractivity contribution in [2.75, 3.05) is 26.2 Å². The van der Waals surface area contributed by atoms with E-state index in [1.807, 2.05) is 33.2 Å². The fourth-order valence-corrected chi connectivity index (χ4v) is 4.80. The van der Waals surface area contributed by atoms with Gasteiger partial charge in [-0.1, -0.05) is 0 Å². The van der Waals surface area contributed by atoms with E-state index in [-0.39, 0.29) is 10.9 Å². The molecule has 1 fully saturated rings. The van der Waals surface area contributed by atoms with Gasteiger partial charge >= 0.3 is 0 Å². The van der Waals surface area contributed by atoms with Gasteiger partial charge in [0.15, 0.2) is 0 Å². The SMILES string of the molecule is CCOc1ccc(S(=O)(=O)NC[C@@H](c2cccn2C)N2CCCC2)cc1C. The van der Waals surface area contributed by atoms with Gasteiger partial charge in [-0.2, -0.15) is 0 Å². The molecule has 1 aromatic heterocycles. The third-order valence-electron chi connectivity index (χ3n) is 5.13. The number of ether oxygens (including phenoxy) is 1. The van der Waals surface area contributed by atoms with Gasteiger partial charge in [-0.3, -0.25) is 4.90 Å². The number of likely N-dealkylation sites (tertiary alicyclic amines) is 1. The highest BCUT2D eigenvalue weighted by Gasteiger charge is 2.27. The minimum atomic E-state index is -3.58. The highest BCUT2D eigenvalue weighted by atomic mass is 32.2. The van der Waals surface area contributed by atoms with Gasteiger partial charge in [0, 0.05) is 25.5 Å². The van der Waals surface area contributed by atoms with Crippen LogP contribution in [-0.4, -0.2) is 44.1 Å². The van der Waals surface area contributed by atoms with Crippen molar-refractivity contribution in [3.63, 3.8) is 0 Å². The second kappa shape index (κ2) is 8.46. The molecule has 0 unspecified atom stereocenters. The van der Waals surface area contributed by atoms with Crippen LogP contribution in [0.1, 0.15) is 37.1 Å². The van der Waals surface area contributed by atoms with E-state index in [2.05, 4.69) is 20.3 Å². The maximum Gasteiger partial charge on any atom is 0.240 e. The van der Waals surface area contributed by atoms with Gasteiger partial charge in [0.05, 0.1) is 17.5 Å². The van der Waals surface area contributed by atoms with E-state index in [4.69, 9.17) is 4.74 Å². The first-order valence-electron chi connectivity index (χ1n) is 9.51. The third-order valence-corrected chi connectivity index (χ3v) is 6.55. The normalized spacial score (nSPS) is 16.6. The fourth-order valence-electron chi connectivity index (χ4n) is 3.67. The van der Waals surface area contributed by atoms with Crippen molar-refractivity contribution in [1.82, 2.24) is 14.2 Å². The van der Waals surface area contributed by atoms with E-state index in [1.54, 1.807) is 18.2 Å². The summed E-state index contributed by atoms with van der Waals surface area (Å²) in [6, 6.07) is 9.10. The van der Waals surface area contributed by atoms with Gasteiger partial charge in [0.25, 0.3) is 0 Å². The number of hydrogen-bond acceptors (Lipinski definition) is 4. The number of rotatable bonds is 8. The van der Waals surface area contributed by atoms with Crippen LogP contribution in [0, 0.1) is 6.92 Å². The second-order valence-electron chi connectivity index (χ2n) is 7.02. The molecule has 1 atom stereocenters. The van der Waals surface area contributed by atoms with E-state index < -0.39 is 10.0 Å². The van der Waals surface area contributed by atoms with Crippen molar-refractivity contribution in [1.29, 1.82) is 0 Å². The monoisotopic (exact) mass is 391 g/mol. The van der Waals surface area contributed by atoms with Crippen LogP contribution in [0.15, 0.2) is 41.4 Å². The molecule has 6 nitrogen and oxygen atoms in total. The lowest BCUT2D eigenvalue weighted by Crippen LogP contribution is -2.37. The first kappa shape index (κ1) is 19.9. The summed E-state index contributed by atoms with van der Waals surface area (Å²) in [7, 11) is -1.58. The average Bonchev–Trinajstić information content (AvgIpc) is 3.30. The smallest absolute Gasteiger partial charge is 0.240 e. The van der Waals surface area contributed by atoms with Crippen molar-refractivity contribution >= 4 is 10.0 Å². The molecular weight excluding hydrogens is 362 g/mol. The number of aromatic nitrogens is 1. The Morgan fingerprint density at radius 1 is 1.22 bits per heavy atom. The summed E-state index contributed by atoms with van der Waals surface area (Å²) in [6.45, 7) is 6.68. The zero-order chi connectivity index (χ0) is 19.4. The second-order valence-corrected chi connectivity index (χ2v) is 8.78. The Bertz CT molecular complexity index is 870. The standard InChI is InChI=1S/C20H29N3O3S/c1-4-26-20-10-9-17(14-16(20)2)27(24,25)21-15-19(23-12-5-6-13-23)18-8-7-11-22(18)3/h7-11,14,19,21H,4-6,12-13,15H2,1-3H3/t19-/m0/s1. The van der Waals surface area contributed by atoms with E-state index in [0.29, 0.717) is 13.2 Å². The maximum atomic E-state index is 12.9. The lowest BCUT2D eigenvalue weighted by molar-refractivity contribution is 0.238. The Hall–Kier alpha value is -1.83. The van der Waals surface area contributed by atoms with Crippen LogP contribution in [0.3, 0.4) is 0 Å². The zero-order valence-electron chi connectivity index (χ0n) is 16.3. The Labute approximate surface area is 162 Å². The van der Waals surface area contributed by atoms with Crippen LogP contribution in [-0.2, 0) is 17.1 Å². The molecule has 0 amide bonds. The average molecular weight is 392 g/mol. The Kier molecular flexibility index (Phi) is 6.24. The Balaban J connectivity index is 1.77. The van der Waals surface area contributed by atoms with Crippen molar-refractivity contribution in [3.8, 4) is 5.75 Å². The predicted molar refractivity (Wildman–Crippen MR) is 106 cm³/mol. The van der Waals surface area contributed by atoms with Crippen molar-refractivity contribution in [2.45, 2.75) is 37.6 Å². The summed E-state index contributed by atoms with van der Waals surface area (Å²) in [5.74, 6) is 0.718. The van der Waals surface area contributed by atoms with Crippen LogP contribution in [0.2, 0.25) is 0 Å². The number of hydrogen-bond donors (Lipinski definition) is 1. The minimum Gasteiger partial charge on any atom is -0.494 e. The largest absolute Gasteiger partial charge is 0.494 e. The molecule has 148 valence electrons. The van der Waals surface area contributed by atoms with E-state index >= 15 is 0 Å². The first-order valence-corrected chi connectivity index (χ1v) is 11.0. The van der Waals surface area contributed by atoms with Crippen molar-refractivity contribution < 1.29 is 13.2 Å². The molecule has 1 saturated heterocycles. The van der Waals surface area contributed by atoms with Gasteiger partial charge in [-0.25, -0.2) is 13.1 Å². The van der Waals surface area contributed by atoms with Gasteiger partial charge < -0.3 is 9.30 Å². The van der Waals surface area contributed by atoms with E-state index in [1.165, 1.54) is 0 Å². The molecule has 0 aliphatic carbocycles. The maximum absolute atomic E-state index is 12.9. The summed E-state index contributed by atoms with van der Waals surface area (Å²) < 4.78 is 36.1. The van der Waals surface area contributed by atoms with Gasteiger partial charge in [-0.05, 0) is 75.7 Å². The highest BCUT2D eigenvalue weighted by molar-refractivity contribution is 7.89. The lowest BCUT2D eigenvalue weighted by atomic mass is 10.2. The molecule has 0 radical (unpaired) electrons. The molecule has 27 heavy (non-hydrogen) atoms. The minimum absolute atomic E-state index is 0.0334. The van der Waals surface area contributed by atoms with Crippen LogP contribution in [0.5, 0.6) is 5.75 Å². The van der Waals surface area contributed by atoms with Gasteiger partial charge in [0.1, 0.15) is 5.75 Å². The van der Waals surface area contributed by atoms with Crippen molar-refractivity contribution in [3.05, 3.63) is 47.8 Å². The van der Waals surface area contributed by atoms with Crippen LogP contribution >= 0.6 is 0 Å². The van der Waals surface area contributed by atoms with Gasteiger partial charge in [-0.15, -0.1) is 0 Å². The zero-order valence-corrected chi connectivity index (χ0v) is 17.1. The molecule has 2 aromatic rings. The highest BCUT2D eigenvalue weighted by Crippen LogP contribution is 2.26. The van der Waals surface area contributed by atoms with E-state index in [0.717, 1.165) is 42.9 Å². The number of nitrogens with one attached hydrogen (secondary N) is 1. The molecule has 1 aliphatic heterocycles. The van der Waals surface area contributed by atoms with Crippen LogP contribution < -0.4 is 9.46 Å². The first-order chi connectivity index (χ1) is 12.9. The molecule has 0 spiro atoms. The number of sulfonamides is 1. The summed E-state index contributed by atoms with van der Waals surface area (Å²) in [6.07, 6.45) is 4.32. The summed E-state index contributed by atoms with van der Waals surface area (Å²) in [5, 5.41) is 0. The van der Waals surface area contributed by atoms with Gasteiger partial charge in [0.2, 0.25) is 10.0 Å². The molecule has 7 heteroatoms. The van der Waals surface area contributed by atoms with E-state index in [9.17, 15) is 8.42 Å². The topological polar surface area (TPSA) is 63.6 Å². The third kappa shape index (κ3) is 4.54.